The van der Waals surface area contributed by atoms with Gasteiger partial charge >= 0.3 is 0 Å². The van der Waals surface area contributed by atoms with Gasteiger partial charge < -0.3 is 5.32 Å². The summed E-state index contributed by atoms with van der Waals surface area (Å²) in [5.41, 5.74) is 0.821. The lowest BCUT2D eigenvalue weighted by Crippen LogP contribution is -2.12. The van der Waals surface area contributed by atoms with E-state index in [4.69, 9.17) is 11.6 Å². The molecule has 0 aromatic heterocycles. The van der Waals surface area contributed by atoms with E-state index in [1.807, 2.05) is 12.1 Å². The predicted octanol–water partition coefficient (Wildman–Crippen LogP) is 2.69. The number of rotatable bonds is 2. The van der Waals surface area contributed by atoms with Crippen LogP contribution in [0.15, 0.2) is 24.3 Å². The van der Waals surface area contributed by atoms with Crippen LogP contribution in [0.3, 0.4) is 0 Å². The van der Waals surface area contributed by atoms with E-state index >= 15 is 0 Å². The van der Waals surface area contributed by atoms with Gasteiger partial charge in [-0.2, -0.15) is 0 Å². The van der Waals surface area contributed by atoms with Gasteiger partial charge in [-0.05, 0) is 37.1 Å². The first-order valence-corrected chi connectivity index (χ1v) is 4.70. The van der Waals surface area contributed by atoms with E-state index < -0.39 is 0 Å². The normalized spacial score (nSPS) is 15.5. The van der Waals surface area contributed by atoms with Crippen molar-refractivity contribution in [3.8, 4) is 0 Å². The molecule has 1 amide bonds. The molecule has 13 heavy (non-hydrogen) atoms. The van der Waals surface area contributed by atoms with Gasteiger partial charge in [0, 0.05) is 16.6 Å². The number of anilines is 1. The summed E-state index contributed by atoms with van der Waals surface area (Å²) in [5.74, 6) is 0.373. The van der Waals surface area contributed by atoms with Gasteiger partial charge in [0.2, 0.25) is 5.91 Å². The fourth-order valence-corrected chi connectivity index (χ4v) is 1.25. The molecule has 2 rings (SSSR count). The van der Waals surface area contributed by atoms with Crippen LogP contribution in [0.25, 0.3) is 0 Å². The SMILES string of the molecule is O=C(Nc1ccc(Cl)cc1)C1CC1. The average Bonchev–Trinajstić information content (AvgIpc) is 2.91. The molecule has 0 bridgehead atoms. The molecule has 3 heteroatoms. The molecule has 0 atom stereocenters. The second-order valence-electron chi connectivity index (χ2n) is 3.27. The van der Waals surface area contributed by atoms with Gasteiger partial charge in [0.05, 0.1) is 0 Å². The maximum Gasteiger partial charge on any atom is 0.227 e. The number of carbonyl (C=O) groups excluding carboxylic acids is 1. The minimum Gasteiger partial charge on any atom is -0.326 e. The molecule has 0 saturated heterocycles. The molecule has 0 unspecified atom stereocenters. The number of amides is 1. The van der Waals surface area contributed by atoms with Crippen LogP contribution < -0.4 is 5.32 Å². The number of benzene rings is 1. The predicted molar refractivity (Wildman–Crippen MR) is 52.8 cm³/mol. The van der Waals surface area contributed by atoms with Crippen LogP contribution in [0.5, 0.6) is 0 Å². The highest BCUT2D eigenvalue weighted by Crippen LogP contribution is 2.30. The molecule has 1 aromatic rings. The molecule has 68 valence electrons. The average molecular weight is 196 g/mol. The van der Waals surface area contributed by atoms with Gasteiger partial charge in [-0.1, -0.05) is 11.6 Å². The van der Waals surface area contributed by atoms with Crippen molar-refractivity contribution in [3.63, 3.8) is 0 Å². The summed E-state index contributed by atoms with van der Waals surface area (Å²) in [4.78, 5) is 11.3. The molecule has 1 N–H and O–H groups in total. The minimum atomic E-state index is 0.127. The molecule has 0 heterocycles. The van der Waals surface area contributed by atoms with Crippen molar-refractivity contribution in [2.75, 3.05) is 5.32 Å². The van der Waals surface area contributed by atoms with Gasteiger partial charge in [0.25, 0.3) is 0 Å². The molecular weight excluding hydrogens is 186 g/mol. The maximum atomic E-state index is 11.3. The Morgan fingerprint density at radius 3 is 2.46 bits per heavy atom. The molecule has 2 nitrogen and oxygen atoms in total. The highest BCUT2D eigenvalue weighted by Gasteiger charge is 2.29. The molecule has 1 fully saturated rings. The topological polar surface area (TPSA) is 29.1 Å². The second-order valence-corrected chi connectivity index (χ2v) is 3.71. The van der Waals surface area contributed by atoms with E-state index in [1.54, 1.807) is 12.1 Å². The Morgan fingerprint density at radius 1 is 1.31 bits per heavy atom. The Bertz CT molecular complexity index is 316. The minimum absolute atomic E-state index is 0.127. The fraction of sp³-hybridized carbons (Fsp3) is 0.300. The van der Waals surface area contributed by atoms with E-state index in [-0.39, 0.29) is 11.8 Å². The highest BCUT2D eigenvalue weighted by atomic mass is 35.5. The zero-order chi connectivity index (χ0) is 9.26. The van der Waals surface area contributed by atoms with Gasteiger partial charge in [-0.25, -0.2) is 0 Å². The number of halogens is 1. The Hall–Kier alpha value is -1.02. The summed E-state index contributed by atoms with van der Waals surface area (Å²) in [6.45, 7) is 0. The van der Waals surface area contributed by atoms with Crippen molar-refractivity contribution in [2.24, 2.45) is 5.92 Å². The van der Waals surface area contributed by atoms with E-state index in [1.165, 1.54) is 0 Å². The summed E-state index contributed by atoms with van der Waals surface area (Å²) in [6.07, 6.45) is 2.05. The lowest BCUT2D eigenvalue weighted by molar-refractivity contribution is -0.117. The zero-order valence-electron chi connectivity index (χ0n) is 7.09. The van der Waals surface area contributed by atoms with Crippen molar-refractivity contribution in [2.45, 2.75) is 12.8 Å². The van der Waals surface area contributed by atoms with Crippen LogP contribution in [0.1, 0.15) is 12.8 Å². The third-order valence-electron chi connectivity index (χ3n) is 2.06. The van der Waals surface area contributed by atoms with Crippen molar-refractivity contribution < 1.29 is 4.79 Å². The zero-order valence-corrected chi connectivity index (χ0v) is 7.84. The number of carbonyl (C=O) groups is 1. The van der Waals surface area contributed by atoms with Crippen LogP contribution >= 0.6 is 11.6 Å². The molecule has 0 spiro atoms. The van der Waals surface area contributed by atoms with Gasteiger partial charge in [0.15, 0.2) is 0 Å². The van der Waals surface area contributed by atoms with Crippen molar-refractivity contribution in [1.82, 2.24) is 0 Å². The Balaban J connectivity index is 2.00. The summed E-state index contributed by atoms with van der Waals surface area (Å²) >= 11 is 5.71. The Kier molecular flexibility index (Phi) is 2.23. The number of hydrogen-bond donors (Lipinski definition) is 1. The third-order valence-corrected chi connectivity index (χ3v) is 2.31. The first-order chi connectivity index (χ1) is 6.25. The first kappa shape index (κ1) is 8.57. The Morgan fingerprint density at radius 2 is 1.92 bits per heavy atom. The van der Waals surface area contributed by atoms with E-state index in [0.717, 1.165) is 18.5 Å². The van der Waals surface area contributed by atoms with E-state index in [0.29, 0.717) is 5.02 Å². The van der Waals surface area contributed by atoms with Crippen LogP contribution in [0.2, 0.25) is 5.02 Å². The largest absolute Gasteiger partial charge is 0.326 e. The van der Waals surface area contributed by atoms with Crippen LogP contribution in [0.4, 0.5) is 5.69 Å². The smallest absolute Gasteiger partial charge is 0.227 e. The molecule has 1 saturated carbocycles. The van der Waals surface area contributed by atoms with Gasteiger partial charge in [0.1, 0.15) is 0 Å². The molecule has 1 aliphatic rings. The van der Waals surface area contributed by atoms with Crippen molar-refractivity contribution >= 4 is 23.2 Å². The Labute approximate surface area is 81.9 Å². The van der Waals surface area contributed by atoms with Gasteiger partial charge in [-0.15, -0.1) is 0 Å². The fourth-order valence-electron chi connectivity index (χ4n) is 1.12. The number of hydrogen-bond acceptors (Lipinski definition) is 1. The highest BCUT2D eigenvalue weighted by molar-refractivity contribution is 6.30. The van der Waals surface area contributed by atoms with Crippen LogP contribution in [-0.2, 0) is 4.79 Å². The summed E-state index contributed by atoms with van der Waals surface area (Å²) < 4.78 is 0. The molecular formula is C10H10ClNO. The third kappa shape index (κ3) is 2.22. The molecule has 1 aliphatic carbocycles. The summed E-state index contributed by atoms with van der Waals surface area (Å²) in [7, 11) is 0. The van der Waals surface area contributed by atoms with E-state index in [2.05, 4.69) is 5.32 Å². The van der Waals surface area contributed by atoms with E-state index in [9.17, 15) is 4.79 Å². The van der Waals surface area contributed by atoms with Gasteiger partial charge in [-0.3, -0.25) is 4.79 Å². The number of nitrogens with one attached hydrogen (secondary N) is 1. The quantitative estimate of drug-likeness (QED) is 0.773. The summed E-state index contributed by atoms with van der Waals surface area (Å²) in [5, 5.41) is 3.52. The maximum absolute atomic E-state index is 11.3. The monoisotopic (exact) mass is 195 g/mol. The lowest BCUT2D eigenvalue weighted by Gasteiger charge is -2.02. The van der Waals surface area contributed by atoms with Crippen LogP contribution in [0, 0.1) is 5.92 Å². The molecule has 0 aliphatic heterocycles. The van der Waals surface area contributed by atoms with Crippen LogP contribution in [-0.4, -0.2) is 5.91 Å². The van der Waals surface area contributed by atoms with Crippen molar-refractivity contribution in [1.29, 1.82) is 0 Å². The summed E-state index contributed by atoms with van der Waals surface area (Å²) in [6, 6.07) is 7.15. The van der Waals surface area contributed by atoms with Crippen molar-refractivity contribution in [3.05, 3.63) is 29.3 Å². The first-order valence-electron chi connectivity index (χ1n) is 4.32. The standard InChI is InChI=1S/C10H10ClNO/c11-8-3-5-9(6-4-8)12-10(13)7-1-2-7/h3-7H,1-2H2,(H,12,13). The lowest BCUT2D eigenvalue weighted by atomic mass is 10.3. The second kappa shape index (κ2) is 3.38. The molecule has 0 radical (unpaired) electrons. The molecule has 1 aromatic carbocycles.